The third kappa shape index (κ3) is 2.97. The van der Waals surface area contributed by atoms with Crippen LogP contribution < -0.4 is 5.73 Å². The van der Waals surface area contributed by atoms with Gasteiger partial charge in [-0.1, -0.05) is 26.1 Å². The second-order valence-corrected chi connectivity index (χ2v) is 5.38. The molecule has 0 saturated heterocycles. The number of thiocarbonyl (C=S) groups is 1. The van der Waals surface area contributed by atoms with E-state index in [2.05, 4.69) is 0 Å². The summed E-state index contributed by atoms with van der Waals surface area (Å²) in [6.07, 6.45) is 3.89. The molecule has 1 aliphatic rings. The molecule has 0 aliphatic heterocycles. The van der Waals surface area contributed by atoms with Crippen LogP contribution in [0.3, 0.4) is 0 Å². The number of nitrogens with zero attached hydrogens (tertiary/aromatic N) is 1. The highest BCUT2D eigenvalue weighted by Crippen LogP contribution is 2.34. The van der Waals surface area contributed by atoms with Crippen molar-refractivity contribution in [2.45, 2.75) is 46.5 Å². The fourth-order valence-corrected chi connectivity index (χ4v) is 2.65. The van der Waals surface area contributed by atoms with Gasteiger partial charge in [0, 0.05) is 13.1 Å². The minimum atomic E-state index is -0.625. The molecule has 4 heteroatoms. The van der Waals surface area contributed by atoms with Gasteiger partial charge in [0.2, 0.25) is 5.91 Å². The van der Waals surface area contributed by atoms with Crippen molar-refractivity contribution < 1.29 is 4.79 Å². The topological polar surface area (TPSA) is 46.3 Å². The molecule has 0 aromatic carbocycles. The van der Waals surface area contributed by atoms with E-state index in [1.54, 1.807) is 0 Å². The lowest BCUT2D eigenvalue weighted by Crippen LogP contribution is -2.50. The van der Waals surface area contributed by atoms with Gasteiger partial charge in [0.15, 0.2) is 0 Å². The van der Waals surface area contributed by atoms with Gasteiger partial charge in [0.05, 0.1) is 10.4 Å². The van der Waals surface area contributed by atoms with Gasteiger partial charge in [-0.3, -0.25) is 4.79 Å². The Morgan fingerprint density at radius 2 is 1.88 bits per heavy atom. The van der Waals surface area contributed by atoms with Gasteiger partial charge >= 0.3 is 0 Å². The van der Waals surface area contributed by atoms with Crippen LogP contribution in [0.1, 0.15) is 46.5 Å². The Bertz CT molecular complexity index is 296. The van der Waals surface area contributed by atoms with Crippen molar-refractivity contribution in [2.75, 3.05) is 13.1 Å². The third-order valence-electron chi connectivity index (χ3n) is 3.93. The second kappa shape index (κ2) is 5.80. The van der Waals surface area contributed by atoms with Crippen LogP contribution in [0.15, 0.2) is 0 Å². The Balaban J connectivity index is 2.83. The Hall–Kier alpha value is -0.640. The first-order chi connectivity index (χ1) is 8.01. The SMILES string of the molecule is CCN(CC1CC1)C(=O)C(CC)(CC)C(N)=S. The van der Waals surface area contributed by atoms with E-state index in [9.17, 15) is 4.79 Å². The van der Waals surface area contributed by atoms with Crippen LogP contribution in [0.2, 0.25) is 0 Å². The largest absolute Gasteiger partial charge is 0.392 e. The Kier molecular flexibility index (Phi) is 4.92. The fraction of sp³-hybridized carbons (Fsp3) is 0.846. The maximum Gasteiger partial charge on any atom is 0.235 e. The standard InChI is InChI=1S/C13H24N2OS/c1-4-13(5-2,11(14)17)12(16)15(6-3)9-10-7-8-10/h10H,4-9H2,1-3H3,(H2,14,17). The molecule has 0 spiro atoms. The smallest absolute Gasteiger partial charge is 0.235 e. The Morgan fingerprint density at radius 3 is 2.18 bits per heavy atom. The highest BCUT2D eigenvalue weighted by atomic mass is 32.1. The van der Waals surface area contributed by atoms with Gasteiger partial charge in [0.1, 0.15) is 0 Å². The first-order valence-corrected chi connectivity index (χ1v) is 7.01. The third-order valence-corrected chi connectivity index (χ3v) is 4.32. The van der Waals surface area contributed by atoms with E-state index in [0.29, 0.717) is 23.7 Å². The van der Waals surface area contributed by atoms with Crippen molar-refractivity contribution in [1.29, 1.82) is 0 Å². The second-order valence-electron chi connectivity index (χ2n) is 4.94. The highest BCUT2D eigenvalue weighted by Gasteiger charge is 2.41. The van der Waals surface area contributed by atoms with Crippen LogP contribution in [0.4, 0.5) is 0 Å². The molecule has 0 atom stereocenters. The predicted octanol–water partition coefficient (Wildman–Crippen LogP) is 2.34. The zero-order chi connectivity index (χ0) is 13.1. The molecule has 17 heavy (non-hydrogen) atoms. The molecule has 98 valence electrons. The molecule has 0 aromatic rings. The molecule has 0 heterocycles. The molecule has 1 aliphatic carbocycles. The number of hydrogen-bond acceptors (Lipinski definition) is 2. The number of rotatable bonds is 7. The van der Waals surface area contributed by atoms with Gasteiger partial charge in [-0.05, 0) is 38.5 Å². The van der Waals surface area contributed by atoms with E-state index < -0.39 is 5.41 Å². The summed E-state index contributed by atoms with van der Waals surface area (Å²) in [6, 6.07) is 0. The van der Waals surface area contributed by atoms with Gasteiger partial charge in [-0.2, -0.15) is 0 Å². The molecule has 1 fully saturated rings. The quantitative estimate of drug-likeness (QED) is 0.711. The summed E-state index contributed by atoms with van der Waals surface area (Å²) in [5.74, 6) is 0.834. The van der Waals surface area contributed by atoms with Crippen molar-refractivity contribution in [3.63, 3.8) is 0 Å². The maximum atomic E-state index is 12.6. The van der Waals surface area contributed by atoms with E-state index in [0.717, 1.165) is 13.1 Å². The molecular formula is C13H24N2OS. The molecular weight excluding hydrogens is 232 g/mol. The maximum absolute atomic E-state index is 12.6. The van der Waals surface area contributed by atoms with E-state index >= 15 is 0 Å². The summed E-state index contributed by atoms with van der Waals surface area (Å²) in [5.41, 5.74) is 5.19. The first-order valence-electron chi connectivity index (χ1n) is 6.61. The van der Waals surface area contributed by atoms with Crippen LogP contribution in [0.5, 0.6) is 0 Å². The van der Waals surface area contributed by atoms with E-state index in [1.165, 1.54) is 12.8 Å². The number of amides is 1. The van der Waals surface area contributed by atoms with Crippen LogP contribution in [-0.4, -0.2) is 28.9 Å². The van der Waals surface area contributed by atoms with Crippen LogP contribution >= 0.6 is 12.2 Å². The summed E-state index contributed by atoms with van der Waals surface area (Å²) >= 11 is 5.13. The molecule has 0 aromatic heterocycles. The lowest BCUT2D eigenvalue weighted by Gasteiger charge is -2.35. The minimum absolute atomic E-state index is 0.129. The highest BCUT2D eigenvalue weighted by molar-refractivity contribution is 7.80. The van der Waals surface area contributed by atoms with Crippen LogP contribution in [-0.2, 0) is 4.79 Å². The van der Waals surface area contributed by atoms with E-state index in [1.807, 2.05) is 25.7 Å². The molecule has 0 radical (unpaired) electrons. The molecule has 3 nitrogen and oxygen atoms in total. The van der Waals surface area contributed by atoms with E-state index in [4.69, 9.17) is 18.0 Å². The summed E-state index contributed by atoms with van der Waals surface area (Å²) < 4.78 is 0. The average Bonchev–Trinajstić information content (AvgIpc) is 3.11. The van der Waals surface area contributed by atoms with E-state index in [-0.39, 0.29) is 5.91 Å². The van der Waals surface area contributed by atoms with Crippen molar-refractivity contribution >= 4 is 23.1 Å². The number of hydrogen-bond donors (Lipinski definition) is 1. The van der Waals surface area contributed by atoms with Gasteiger partial charge < -0.3 is 10.6 Å². The monoisotopic (exact) mass is 256 g/mol. The summed E-state index contributed by atoms with van der Waals surface area (Å²) in [4.78, 5) is 14.9. The first kappa shape index (κ1) is 14.4. The van der Waals surface area contributed by atoms with Crippen molar-refractivity contribution in [3.05, 3.63) is 0 Å². The van der Waals surface area contributed by atoms with Crippen molar-refractivity contribution in [3.8, 4) is 0 Å². The van der Waals surface area contributed by atoms with Crippen molar-refractivity contribution in [1.82, 2.24) is 4.90 Å². The predicted molar refractivity (Wildman–Crippen MR) is 74.8 cm³/mol. The fourth-order valence-electron chi connectivity index (χ4n) is 2.28. The molecule has 0 unspecified atom stereocenters. The molecule has 1 amide bonds. The number of carbonyl (C=O) groups excluding carboxylic acids is 1. The van der Waals surface area contributed by atoms with Gasteiger partial charge in [0.25, 0.3) is 0 Å². The summed E-state index contributed by atoms with van der Waals surface area (Å²) in [5, 5.41) is 0. The van der Waals surface area contributed by atoms with Gasteiger partial charge in [-0.15, -0.1) is 0 Å². The summed E-state index contributed by atoms with van der Waals surface area (Å²) in [7, 11) is 0. The normalized spacial score (nSPS) is 15.7. The van der Waals surface area contributed by atoms with Crippen LogP contribution in [0, 0.1) is 11.3 Å². The Labute approximate surface area is 110 Å². The lowest BCUT2D eigenvalue weighted by atomic mass is 9.80. The zero-order valence-electron chi connectivity index (χ0n) is 11.2. The number of carbonyl (C=O) groups is 1. The molecule has 0 bridgehead atoms. The van der Waals surface area contributed by atoms with Gasteiger partial charge in [-0.25, -0.2) is 0 Å². The Morgan fingerprint density at radius 1 is 1.35 bits per heavy atom. The average molecular weight is 256 g/mol. The summed E-state index contributed by atoms with van der Waals surface area (Å²) in [6.45, 7) is 7.63. The molecule has 2 N–H and O–H groups in total. The number of nitrogens with two attached hydrogens (primary N) is 1. The van der Waals surface area contributed by atoms with Crippen LogP contribution in [0.25, 0.3) is 0 Å². The minimum Gasteiger partial charge on any atom is -0.392 e. The lowest BCUT2D eigenvalue weighted by molar-refractivity contribution is -0.138. The zero-order valence-corrected chi connectivity index (χ0v) is 12.0. The molecule has 1 saturated carbocycles. The van der Waals surface area contributed by atoms with Crippen molar-refractivity contribution in [2.24, 2.45) is 17.1 Å². The molecule has 1 rings (SSSR count).